The third-order valence-electron chi connectivity index (χ3n) is 5.14. The van der Waals surface area contributed by atoms with Crippen LogP contribution >= 0.6 is 0 Å². The molecule has 164 valence electrons. The molecule has 11 heteroatoms. The van der Waals surface area contributed by atoms with E-state index in [1.807, 2.05) is 4.90 Å². The molecule has 4 rings (SSSR count). The van der Waals surface area contributed by atoms with Gasteiger partial charge in [0.1, 0.15) is 11.5 Å². The largest absolute Gasteiger partial charge is 0.433 e. The summed E-state index contributed by atoms with van der Waals surface area (Å²) in [7, 11) is 0. The number of hydrogen-bond acceptors (Lipinski definition) is 4. The van der Waals surface area contributed by atoms with E-state index in [9.17, 15) is 22.8 Å². The van der Waals surface area contributed by atoms with Gasteiger partial charge >= 0.3 is 17.9 Å². The molecule has 1 saturated heterocycles. The van der Waals surface area contributed by atoms with Crippen LogP contribution in [-0.2, 0) is 12.7 Å². The summed E-state index contributed by atoms with van der Waals surface area (Å²) in [4.78, 5) is 34.8. The minimum atomic E-state index is -4.54. The molecule has 1 fully saturated rings. The fourth-order valence-corrected chi connectivity index (χ4v) is 3.66. The monoisotopic (exact) mass is 434 g/mol. The number of amides is 2. The van der Waals surface area contributed by atoms with Crippen LogP contribution in [0.4, 0.5) is 29.5 Å². The summed E-state index contributed by atoms with van der Waals surface area (Å²) in [6, 6.07) is 6.72. The van der Waals surface area contributed by atoms with Gasteiger partial charge in [-0.2, -0.15) is 13.2 Å². The van der Waals surface area contributed by atoms with Crippen molar-refractivity contribution in [3.8, 4) is 0 Å². The minimum Gasteiger partial charge on any atom is -0.356 e. The lowest BCUT2D eigenvalue weighted by Crippen LogP contribution is -2.33. The number of nitrogens with one attached hydrogen (secondary N) is 4. The van der Waals surface area contributed by atoms with Crippen LogP contribution in [0, 0.1) is 0 Å². The van der Waals surface area contributed by atoms with Crippen LogP contribution in [0.3, 0.4) is 0 Å². The SMILES string of the molecule is O=C(NCc1ccc(C(F)(F)F)nc1N1CCCCC1)Nc1cccc2[nH]c(=O)[nH]c12. The van der Waals surface area contributed by atoms with Crippen LogP contribution in [0.5, 0.6) is 0 Å². The van der Waals surface area contributed by atoms with Crippen molar-refractivity contribution in [2.24, 2.45) is 0 Å². The first-order valence-electron chi connectivity index (χ1n) is 9.89. The van der Waals surface area contributed by atoms with Crippen LogP contribution in [0.2, 0.25) is 0 Å². The zero-order valence-electron chi connectivity index (χ0n) is 16.5. The maximum absolute atomic E-state index is 13.2. The highest BCUT2D eigenvalue weighted by Gasteiger charge is 2.33. The van der Waals surface area contributed by atoms with E-state index < -0.39 is 23.6 Å². The summed E-state index contributed by atoms with van der Waals surface area (Å²) in [5, 5.41) is 5.31. The number of fused-ring (bicyclic) bond motifs is 1. The second kappa shape index (κ2) is 8.32. The topological polar surface area (TPSA) is 106 Å². The number of carbonyl (C=O) groups excluding carboxylic acids is 1. The zero-order chi connectivity index (χ0) is 22.0. The summed E-state index contributed by atoms with van der Waals surface area (Å²) < 4.78 is 39.5. The van der Waals surface area contributed by atoms with E-state index in [1.54, 1.807) is 18.2 Å². The van der Waals surface area contributed by atoms with Crippen molar-refractivity contribution >= 4 is 28.6 Å². The van der Waals surface area contributed by atoms with Gasteiger partial charge in [-0.3, -0.25) is 0 Å². The number of carbonyl (C=O) groups is 1. The van der Waals surface area contributed by atoms with Crippen LogP contribution in [0.1, 0.15) is 30.5 Å². The summed E-state index contributed by atoms with van der Waals surface area (Å²) in [5.41, 5.74) is 0.541. The normalized spacial score (nSPS) is 14.6. The lowest BCUT2D eigenvalue weighted by Gasteiger charge is -2.30. The molecule has 1 aliphatic rings. The molecule has 2 aromatic heterocycles. The van der Waals surface area contributed by atoms with Gasteiger partial charge in [-0.25, -0.2) is 14.6 Å². The number of halogens is 3. The Morgan fingerprint density at radius 2 is 1.87 bits per heavy atom. The van der Waals surface area contributed by atoms with E-state index >= 15 is 0 Å². The van der Waals surface area contributed by atoms with E-state index in [-0.39, 0.29) is 12.4 Å². The lowest BCUT2D eigenvalue weighted by atomic mass is 10.1. The van der Waals surface area contributed by atoms with Crippen molar-refractivity contribution < 1.29 is 18.0 Å². The Balaban J connectivity index is 1.51. The molecule has 1 aliphatic heterocycles. The highest BCUT2D eigenvalue weighted by atomic mass is 19.4. The van der Waals surface area contributed by atoms with Crippen LogP contribution < -0.4 is 21.2 Å². The highest BCUT2D eigenvalue weighted by molar-refractivity contribution is 5.98. The smallest absolute Gasteiger partial charge is 0.356 e. The molecule has 0 aliphatic carbocycles. The van der Waals surface area contributed by atoms with E-state index in [4.69, 9.17) is 0 Å². The number of H-pyrrole nitrogens is 2. The number of benzene rings is 1. The number of rotatable bonds is 4. The Morgan fingerprint density at radius 1 is 1.10 bits per heavy atom. The summed E-state index contributed by atoms with van der Waals surface area (Å²) >= 11 is 0. The number of alkyl halides is 3. The number of imidazole rings is 1. The number of piperidine rings is 1. The van der Waals surface area contributed by atoms with Crippen molar-refractivity contribution in [2.45, 2.75) is 32.0 Å². The number of aromatic amines is 2. The molecule has 0 spiro atoms. The van der Waals surface area contributed by atoms with E-state index in [2.05, 4.69) is 25.6 Å². The number of urea groups is 1. The molecule has 0 bridgehead atoms. The Kier molecular flexibility index (Phi) is 5.57. The average molecular weight is 434 g/mol. The lowest BCUT2D eigenvalue weighted by molar-refractivity contribution is -0.141. The first-order valence-corrected chi connectivity index (χ1v) is 9.89. The number of hydrogen-bond donors (Lipinski definition) is 4. The van der Waals surface area contributed by atoms with Crippen LogP contribution in [0.25, 0.3) is 11.0 Å². The predicted octanol–water partition coefficient (Wildman–Crippen LogP) is 3.58. The Morgan fingerprint density at radius 3 is 2.61 bits per heavy atom. The van der Waals surface area contributed by atoms with Gasteiger partial charge < -0.3 is 25.5 Å². The maximum Gasteiger partial charge on any atom is 0.433 e. The zero-order valence-corrected chi connectivity index (χ0v) is 16.5. The van der Waals surface area contributed by atoms with Gasteiger partial charge in [0.2, 0.25) is 0 Å². The molecule has 8 nitrogen and oxygen atoms in total. The van der Waals surface area contributed by atoms with E-state index in [0.29, 0.717) is 35.4 Å². The third-order valence-corrected chi connectivity index (χ3v) is 5.14. The molecular formula is C20H21F3N6O2. The number of nitrogens with zero attached hydrogens (tertiary/aromatic N) is 2. The fraction of sp³-hybridized carbons (Fsp3) is 0.350. The maximum atomic E-state index is 13.2. The molecule has 0 saturated carbocycles. The number of para-hydroxylation sites is 1. The minimum absolute atomic E-state index is 0.00242. The molecule has 0 radical (unpaired) electrons. The van der Waals surface area contributed by atoms with Gasteiger partial charge in [0.15, 0.2) is 0 Å². The summed E-state index contributed by atoms with van der Waals surface area (Å²) in [6.07, 6.45) is -1.76. The molecular weight excluding hydrogens is 413 g/mol. The Labute approximate surface area is 174 Å². The van der Waals surface area contributed by atoms with Crippen molar-refractivity contribution in [1.29, 1.82) is 0 Å². The molecule has 0 atom stereocenters. The van der Waals surface area contributed by atoms with Crippen LogP contribution in [-0.4, -0.2) is 34.1 Å². The van der Waals surface area contributed by atoms with Gasteiger partial charge in [-0.15, -0.1) is 0 Å². The Bertz CT molecular complexity index is 1150. The molecule has 2 amide bonds. The Hall–Kier alpha value is -3.50. The molecule has 3 aromatic rings. The average Bonchev–Trinajstić information content (AvgIpc) is 3.13. The first-order chi connectivity index (χ1) is 14.8. The van der Waals surface area contributed by atoms with Crippen molar-refractivity contribution in [3.63, 3.8) is 0 Å². The predicted molar refractivity (Wildman–Crippen MR) is 110 cm³/mol. The van der Waals surface area contributed by atoms with Gasteiger partial charge in [0.05, 0.1) is 16.7 Å². The van der Waals surface area contributed by atoms with E-state index in [0.717, 1.165) is 25.3 Å². The van der Waals surface area contributed by atoms with Gasteiger partial charge in [0.25, 0.3) is 0 Å². The second-order valence-electron chi connectivity index (χ2n) is 7.34. The van der Waals surface area contributed by atoms with Crippen molar-refractivity contribution in [2.75, 3.05) is 23.3 Å². The summed E-state index contributed by atoms with van der Waals surface area (Å²) in [6.45, 7) is 1.25. The van der Waals surface area contributed by atoms with Crippen LogP contribution in [0.15, 0.2) is 35.1 Å². The second-order valence-corrected chi connectivity index (χ2v) is 7.34. The van der Waals surface area contributed by atoms with Gasteiger partial charge in [-0.05, 0) is 37.5 Å². The third kappa shape index (κ3) is 4.65. The molecule has 1 aromatic carbocycles. The standard InChI is InChI=1S/C20H21F3N6O2/c21-20(22,23)15-8-7-12(17(27-15)29-9-2-1-3-10-29)11-24-18(30)25-13-5-4-6-14-16(13)28-19(31)26-14/h4-8H,1-3,9-11H2,(H2,24,25,30)(H2,26,28,31). The number of anilines is 2. The fourth-order valence-electron chi connectivity index (χ4n) is 3.66. The molecule has 3 heterocycles. The quantitative estimate of drug-likeness (QED) is 0.504. The van der Waals surface area contributed by atoms with Gasteiger partial charge in [0, 0.05) is 25.2 Å². The molecule has 31 heavy (non-hydrogen) atoms. The van der Waals surface area contributed by atoms with Crippen molar-refractivity contribution in [1.82, 2.24) is 20.3 Å². The van der Waals surface area contributed by atoms with Crippen molar-refractivity contribution in [3.05, 3.63) is 52.1 Å². The van der Waals surface area contributed by atoms with Gasteiger partial charge in [-0.1, -0.05) is 12.1 Å². The van der Waals surface area contributed by atoms with E-state index in [1.165, 1.54) is 6.07 Å². The molecule has 0 unspecified atom stereocenters. The first kappa shape index (κ1) is 20.8. The highest BCUT2D eigenvalue weighted by Crippen LogP contribution is 2.31. The molecule has 4 N–H and O–H groups in total. The number of pyridine rings is 1. The number of aromatic nitrogens is 3. The summed E-state index contributed by atoms with van der Waals surface area (Å²) in [5.74, 6) is 0.242.